The van der Waals surface area contributed by atoms with E-state index in [9.17, 15) is 4.79 Å². The number of likely N-dealkylation sites (tertiary alicyclic amines) is 1. The molecule has 0 aliphatic carbocycles. The van der Waals surface area contributed by atoms with E-state index in [4.69, 9.17) is 9.47 Å². The van der Waals surface area contributed by atoms with Crippen LogP contribution in [-0.2, 0) is 14.9 Å². The van der Waals surface area contributed by atoms with Crippen LogP contribution in [0, 0.1) is 6.92 Å². The van der Waals surface area contributed by atoms with Gasteiger partial charge >= 0.3 is 0 Å². The van der Waals surface area contributed by atoms with E-state index in [0.29, 0.717) is 32.7 Å². The lowest BCUT2D eigenvalue weighted by atomic mass is 9.73. The Labute approximate surface area is 185 Å². The molecule has 2 aliphatic heterocycles. The SMILES string of the molecule is Cc1cccc(C2(C(=O)Nc3ccc(OCCN4CCCCC4)cc3)CCOCC2)c1. The molecule has 5 heteroatoms. The van der Waals surface area contributed by atoms with Crippen LogP contribution in [0.4, 0.5) is 5.69 Å². The number of amides is 1. The van der Waals surface area contributed by atoms with Gasteiger partial charge in [-0.05, 0) is 75.5 Å². The molecule has 0 bridgehead atoms. The molecule has 4 rings (SSSR count). The van der Waals surface area contributed by atoms with E-state index >= 15 is 0 Å². The van der Waals surface area contributed by atoms with Crippen molar-refractivity contribution in [3.05, 3.63) is 59.7 Å². The van der Waals surface area contributed by atoms with E-state index in [1.165, 1.54) is 37.9 Å². The maximum Gasteiger partial charge on any atom is 0.235 e. The number of hydrogen-bond acceptors (Lipinski definition) is 4. The zero-order chi connectivity index (χ0) is 21.5. The van der Waals surface area contributed by atoms with E-state index in [0.717, 1.165) is 23.5 Å². The summed E-state index contributed by atoms with van der Waals surface area (Å²) < 4.78 is 11.5. The highest BCUT2D eigenvalue weighted by Gasteiger charge is 2.41. The van der Waals surface area contributed by atoms with Crippen LogP contribution in [0.3, 0.4) is 0 Å². The predicted molar refractivity (Wildman–Crippen MR) is 124 cm³/mol. The molecule has 2 saturated heterocycles. The van der Waals surface area contributed by atoms with E-state index in [2.05, 4.69) is 35.3 Å². The molecule has 0 unspecified atom stereocenters. The van der Waals surface area contributed by atoms with Crippen LogP contribution in [0.25, 0.3) is 0 Å². The number of carbonyl (C=O) groups is 1. The quantitative estimate of drug-likeness (QED) is 0.711. The molecule has 0 atom stereocenters. The molecule has 1 amide bonds. The minimum atomic E-state index is -0.548. The van der Waals surface area contributed by atoms with Gasteiger partial charge in [-0.15, -0.1) is 0 Å². The molecule has 2 aromatic rings. The Morgan fingerprint density at radius 1 is 1.06 bits per heavy atom. The van der Waals surface area contributed by atoms with Crippen molar-refractivity contribution in [1.29, 1.82) is 0 Å². The fraction of sp³-hybridized carbons (Fsp3) is 0.500. The first-order valence-corrected chi connectivity index (χ1v) is 11.6. The second kappa shape index (κ2) is 10.3. The third kappa shape index (κ3) is 5.46. The van der Waals surface area contributed by atoms with E-state index in [-0.39, 0.29) is 5.91 Å². The zero-order valence-electron chi connectivity index (χ0n) is 18.6. The molecule has 5 nitrogen and oxygen atoms in total. The normalized spacial score (nSPS) is 19.0. The van der Waals surface area contributed by atoms with Crippen LogP contribution < -0.4 is 10.1 Å². The van der Waals surface area contributed by atoms with Crippen LogP contribution in [0.15, 0.2) is 48.5 Å². The summed E-state index contributed by atoms with van der Waals surface area (Å²) in [4.78, 5) is 15.9. The maximum absolute atomic E-state index is 13.4. The Kier molecular flexibility index (Phi) is 7.25. The predicted octanol–water partition coefficient (Wildman–Crippen LogP) is 4.55. The minimum absolute atomic E-state index is 0.0418. The molecule has 2 fully saturated rings. The second-order valence-corrected chi connectivity index (χ2v) is 8.79. The average molecular weight is 423 g/mol. The van der Waals surface area contributed by atoms with Crippen molar-refractivity contribution in [3.8, 4) is 5.75 Å². The Morgan fingerprint density at radius 2 is 1.81 bits per heavy atom. The third-order valence-electron chi connectivity index (χ3n) is 6.59. The van der Waals surface area contributed by atoms with Crippen LogP contribution in [-0.4, -0.2) is 50.3 Å². The van der Waals surface area contributed by atoms with Crippen molar-refractivity contribution in [2.45, 2.75) is 44.4 Å². The van der Waals surface area contributed by atoms with Crippen molar-refractivity contribution >= 4 is 11.6 Å². The summed E-state index contributed by atoms with van der Waals surface area (Å²) in [6.45, 7) is 7.31. The number of nitrogens with one attached hydrogen (secondary N) is 1. The van der Waals surface area contributed by atoms with Gasteiger partial charge in [0.1, 0.15) is 12.4 Å². The van der Waals surface area contributed by atoms with Crippen molar-refractivity contribution in [2.24, 2.45) is 0 Å². The summed E-state index contributed by atoms with van der Waals surface area (Å²) in [6, 6.07) is 16.0. The molecule has 2 heterocycles. The smallest absolute Gasteiger partial charge is 0.235 e. The highest BCUT2D eigenvalue weighted by atomic mass is 16.5. The number of nitrogens with zero attached hydrogens (tertiary/aromatic N) is 1. The van der Waals surface area contributed by atoms with Gasteiger partial charge in [0.05, 0.1) is 5.41 Å². The minimum Gasteiger partial charge on any atom is -0.492 e. The van der Waals surface area contributed by atoms with Crippen molar-refractivity contribution < 1.29 is 14.3 Å². The number of benzene rings is 2. The topological polar surface area (TPSA) is 50.8 Å². The van der Waals surface area contributed by atoms with Crippen LogP contribution >= 0.6 is 0 Å². The van der Waals surface area contributed by atoms with Gasteiger partial charge in [-0.2, -0.15) is 0 Å². The van der Waals surface area contributed by atoms with E-state index < -0.39 is 5.41 Å². The number of ether oxygens (including phenoxy) is 2. The third-order valence-corrected chi connectivity index (χ3v) is 6.59. The Morgan fingerprint density at radius 3 is 2.52 bits per heavy atom. The van der Waals surface area contributed by atoms with Crippen molar-refractivity contribution in [1.82, 2.24) is 4.90 Å². The van der Waals surface area contributed by atoms with Gasteiger partial charge in [0.2, 0.25) is 5.91 Å². The van der Waals surface area contributed by atoms with Gasteiger partial charge < -0.3 is 14.8 Å². The van der Waals surface area contributed by atoms with E-state index in [1.807, 2.05) is 30.3 Å². The summed E-state index contributed by atoms with van der Waals surface area (Å²) in [6.07, 6.45) is 5.33. The number of aryl methyl sites for hydroxylation is 1. The molecule has 2 aromatic carbocycles. The molecule has 0 saturated carbocycles. The van der Waals surface area contributed by atoms with Crippen molar-refractivity contribution in [2.75, 3.05) is 44.8 Å². The zero-order valence-corrected chi connectivity index (χ0v) is 18.6. The van der Waals surface area contributed by atoms with Crippen LogP contribution in [0.5, 0.6) is 5.75 Å². The van der Waals surface area contributed by atoms with Gasteiger partial charge in [-0.3, -0.25) is 9.69 Å². The Balaban J connectivity index is 1.37. The number of piperidine rings is 1. The Bertz CT molecular complexity index is 853. The molecule has 0 spiro atoms. The monoisotopic (exact) mass is 422 g/mol. The summed E-state index contributed by atoms with van der Waals surface area (Å²) in [5, 5.41) is 3.15. The van der Waals surface area contributed by atoms with Crippen LogP contribution in [0.1, 0.15) is 43.2 Å². The molecule has 0 aromatic heterocycles. The van der Waals surface area contributed by atoms with Gasteiger partial charge in [0.25, 0.3) is 0 Å². The lowest BCUT2D eigenvalue weighted by Crippen LogP contribution is -2.44. The molecular weight excluding hydrogens is 388 g/mol. The fourth-order valence-electron chi connectivity index (χ4n) is 4.67. The molecule has 0 radical (unpaired) electrons. The lowest BCUT2D eigenvalue weighted by Gasteiger charge is -2.36. The number of rotatable bonds is 7. The van der Waals surface area contributed by atoms with Gasteiger partial charge in [-0.1, -0.05) is 36.2 Å². The van der Waals surface area contributed by atoms with E-state index in [1.54, 1.807) is 0 Å². The first-order valence-electron chi connectivity index (χ1n) is 11.6. The number of hydrogen-bond donors (Lipinski definition) is 1. The fourth-order valence-corrected chi connectivity index (χ4v) is 4.67. The molecule has 1 N–H and O–H groups in total. The first-order chi connectivity index (χ1) is 15.2. The van der Waals surface area contributed by atoms with Crippen LogP contribution in [0.2, 0.25) is 0 Å². The summed E-state index contributed by atoms with van der Waals surface area (Å²) in [5.74, 6) is 0.884. The van der Waals surface area contributed by atoms with Gasteiger partial charge in [-0.25, -0.2) is 0 Å². The van der Waals surface area contributed by atoms with Gasteiger partial charge in [0.15, 0.2) is 0 Å². The van der Waals surface area contributed by atoms with Crippen molar-refractivity contribution in [3.63, 3.8) is 0 Å². The second-order valence-electron chi connectivity index (χ2n) is 8.79. The largest absolute Gasteiger partial charge is 0.492 e. The number of carbonyl (C=O) groups excluding carboxylic acids is 1. The average Bonchev–Trinajstić information content (AvgIpc) is 2.81. The maximum atomic E-state index is 13.4. The molecule has 31 heavy (non-hydrogen) atoms. The number of anilines is 1. The van der Waals surface area contributed by atoms with Gasteiger partial charge in [0, 0.05) is 25.4 Å². The standard InChI is InChI=1S/C26H34N2O3/c1-21-6-5-7-22(20-21)26(12-17-30-18-13-26)25(29)27-23-8-10-24(11-9-23)31-19-16-28-14-3-2-4-15-28/h5-11,20H,2-4,12-19H2,1H3,(H,27,29). The highest BCUT2D eigenvalue weighted by molar-refractivity contribution is 5.99. The summed E-state index contributed by atoms with van der Waals surface area (Å²) in [7, 11) is 0. The molecule has 2 aliphatic rings. The molecular formula is C26H34N2O3. The molecule has 166 valence electrons. The first kappa shape index (κ1) is 21.8. The lowest BCUT2D eigenvalue weighted by molar-refractivity contribution is -0.125. The summed E-state index contributed by atoms with van der Waals surface area (Å²) >= 11 is 0. The Hall–Kier alpha value is -2.37. The highest BCUT2D eigenvalue weighted by Crippen LogP contribution is 2.36. The summed E-state index contributed by atoms with van der Waals surface area (Å²) in [5.41, 5.74) is 2.49.